The number of halogens is 1. The Balaban J connectivity index is 2.97. The molecule has 0 aliphatic heterocycles. The van der Waals surface area contributed by atoms with Crippen LogP contribution in [0.2, 0.25) is 0 Å². The van der Waals surface area contributed by atoms with Crippen LogP contribution in [0.15, 0.2) is 22.7 Å². The lowest BCUT2D eigenvalue weighted by Crippen LogP contribution is -2.36. The Morgan fingerprint density at radius 3 is 2.57 bits per heavy atom. The highest BCUT2D eigenvalue weighted by Gasteiger charge is 2.21. The average Bonchev–Trinajstić information content (AvgIpc) is 2.44. The molecule has 0 unspecified atom stereocenters. The molecule has 0 N–H and O–H groups in total. The predicted octanol–water partition coefficient (Wildman–Crippen LogP) is 2.38. The molecule has 7 nitrogen and oxygen atoms in total. The van der Waals surface area contributed by atoms with E-state index in [0.29, 0.717) is 6.54 Å². The van der Waals surface area contributed by atoms with Gasteiger partial charge in [-0.25, -0.2) is 0 Å². The molecule has 0 radical (unpaired) electrons. The summed E-state index contributed by atoms with van der Waals surface area (Å²) >= 11 is 3.05. The van der Waals surface area contributed by atoms with Gasteiger partial charge >= 0.3 is 5.97 Å². The molecular weight excluding hydrogens is 344 g/mol. The fourth-order valence-corrected chi connectivity index (χ4v) is 2.05. The maximum atomic E-state index is 12.3. The number of carbonyl (C=O) groups excluding carboxylic acids is 2. The smallest absolute Gasteiger partial charge is 0.325 e. The van der Waals surface area contributed by atoms with Gasteiger partial charge in [-0.3, -0.25) is 19.7 Å². The molecule has 0 aliphatic carbocycles. The molecular formula is C13H15BrN2O5. The number of nitrogens with zero attached hydrogens (tertiary/aromatic N) is 2. The number of hydrogen-bond acceptors (Lipinski definition) is 5. The van der Waals surface area contributed by atoms with Crippen molar-refractivity contribution < 1.29 is 19.2 Å². The van der Waals surface area contributed by atoms with Crippen LogP contribution >= 0.6 is 15.9 Å². The number of esters is 1. The summed E-state index contributed by atoms with van der Waals surface area (Å²) in [5, 5.41) is 10.9. The van der Waals surface area contributed by atoms with Gasteiger partial charge < -0.3 is 9.64 Å². The van der Waals surface area contributed by atoms with Crippen molar-refractivity contribution in [2.75, 3.05) is 19.7 Å². The summed E-state index contributed by atoms with van der Waals surface area (Å²) in [6, 6.07) is 4.08. The minimum Gasteiger partial charge on any atom is -0.465 e. The number of ether oxygens (including phenoxy) is 1. The van der Waals surface area contributed by atoms with Gasteiger partial charge in [0, 0.05) is 18.2 Å². The van der Waals surface area contributed by atoms with Crippen molar-refractivity contribution in [3.8, 4) is 0 Å². The van der Waals surface area contributed by atoms with Gasteiger partial charge in [0.15, 0.2) is 0 Å². The summed E-state index contributed by atoms with van der Waals surface area (Å²) in [5.74, 6) is -0.972. The standard InChI is InChI=1S/C13H15BrN2O5/c1-3-15(8-12(17)21-4-2)13(18)9-5-6-10(14)11(7-9)16(19)20/h5-7H,3-4,8H2,1-2H3. The largest absolute Gasteiger partial charge is 0.465 e. The van der Waals surface area contributed by atoms with Crippen LogP contribution in [0.3, 0.4) is 0 Å². The van der Waals surface area contributed by atoms with Crippen molar-refractivity contribution in [2.45, 2.75) is 13.8 Å². The highest BCUT2D eigenvalue weighted by molar-refractivity contribution is 9.10. The van der Waals surface area contributed by atoms with E-state index in [1.54, 1.807) is 13.8 Å². The quantitative estimate of drug-likeness (QED) is 0.442. The summed E-state index contributed by atoms with van der Waals surface area (Å²) in [5.41, 5.74) is -0.0518. The van der Waals surface area contributed by atoms with Gasteiger partial charge in [0.05, 0.1) is 16.0 Å². The maximum Gasteiger partial charge on any atom is 0.325 e. The zero-order valence-corrected chi connectivity index (χ0v) is 13.3. The summed E-state index contributed by atoms with van der Waals surface area (Å²) in [6.45, 7) is 3.72. The predicted molar refractivity (Wildman–Crippen MR) is 79.0 cm³/mol. The van der Waals surface area contributed by atoms with Crippen molar-refractivity contribution in [3.63, 3.8) is 0 Å². The Kier molecular flexibility index (Phi) is 6.29. The molecule has 21 heavy (non-hydrogen) atoms. The summed E-state index contributed by atoms with van der Waals surface area (Å²) < 4.78 is 5.08. The molecule has 8 heteroatoms. The van der Waals surface area contributed by atoms with Crippen LogP contribution < -0.4 is 0 Å². The van der Waals surface area contributed by atoms with Crippen LogP contribution in [0.5, 0.6) is 0 Å². The Hall–Kier alpha value is -1.96. The van der Waals surface area contributed by atoms with Crippen LogP contribution in [0.1, 0.15) is 24.2 Å². The highest BCUT2D eigenvalue weighted by Crippen LogP contribution is 2.26. The van der Waals surface area contributed by atoms with Gasteiger partial charge in [0.2, 0.25) is 0 Å². The Labute approximate surface area is 130 Å². The molecule has 1 aromatic rings. The summed E-state index contributed by atoms with van der Waals surface area (Å²) in [6.07, 6.45) is 0. The van der Waals surface area contributed by atoms with Gasteiger partial charge in [-0.15, -0.1) is 0 Å². The molecule has 0 saturated heterocycles. The molecule has 0 fully saturated rings. The van der Waals surface area contributed by atoms with Gasteiger partial charge in [-0.1, -0.05) is 0 Å². The fraction of sp³-hybridized carbons (Fsp3) is 0.385. The second-order valence-corrected chi connectivity index (χ2v) is 4.90. The van der Waals surface area contributed by atoms with E-state index < -0.39 is 16.8 Å². The number of hydrogen-bond donors (Lipinski definition) is 0. The number of amides is 1. The SMILES string of the molecule is CCOC(=O)CN(CC)C(=O)c1ccc(Br)c([N+](=O)[O-])c1. The molecule has 0 bridgehead atoms. The van der Waals surface area contributed by atoms with E-state index >= 15 is 0 Å². The molecule has 0 saturated carbocycles. The summed E-state index contributed by atoms with van der Waals surface area (Å²) in [4.78, 5) is 35.3. The van der Waals surface area contributed by atoms with E-state index in [-0.39, 0.29) is 28.9 Å². The fourth-order valence-electron chi connectivity index (χ4n) is 1.66. The molecule has 0 heterocycles. The number of rotatable bonds is 6. The number of nitro groups is 1. The van der Waals surface area contributed by atoms with Crippen LogP contribution in [0.4, 0.5) is 5.69 Å². The van der Waals surface area contributed by atoms with Crippen molar-refractivity contribution >= 4 is 33.5 Å². The molecule has 0 spiro atoms. The minimum atomic E-state index is -0.581. The molecule has 0 aliphatic rings. The third kappa shape index (κ3) is 4.52. The lowest BCUT2D eigenvalue weighted by atomic mass is 10.1. The zero-order chi connectivity index (χ0) is 16.0. The topological polar surface area (TPSA) is 89.8 Å². The molecule has 1 amide bonds. The third-order valence-electron chi connectivity index (χ3n) is 2.68. The first-order chi connectivity index (χ1) is 9.90. The molecule has 0 aromatic heterocycles. The average molecular weight is 359 g/mol. The highest BCUT2D eigenvalue weighted by atomic mass is 79.9. The monoisotopic (exact) mass is 358 g/mol. The van der Waals surface area contributed by atoms with Gasteiger partial charge in [0.1, 0.15) is 6.54 Å². The van der Waals surface area contributed by atoms with Crippen LogP contribution in [-0.4, -0.2) is 41.4 Å². The number of nitro benzene ring substituents is 1. The zero-order valence-electron chi connectivity index (χ0n) is 11.7. The number of likely N-dealkylation sites (N-methyl/N-ethyl adjacent to an activating group) is 1. The molecule has 0 atom stereocenters. The van der Waals surface area contributed by atoms with E-state index in [1.165, 1.54) is 23.1 Å². The van der Waals surface area contributed by atoms with E-state index in [9.17, 15) is 19.7 Å². The van der Waals surface area contributed by atoms with E-state index in [1.807, 2.05) is 0 Å². The number of carbonyl (C=O) groups is 2. The third-order valence-corrected chi connectivity index (χ3v) is 3.35. The minimum absolute atomic E-state index is 0.149. The van der Waals surface area contributed by atoms with Crippen molar-refractivity contribution in [3.05, 3.63) is 38.3 Å². The van der Waals surface area contributed by atoms with Crippen molar-refractivity contribution in [1.29, 1.82) is 0 Å². The van der Waals surface area contributed by atoms with Gasteiger partial charge in [0.25, 0.3) is 11.6 Å². The van der Waals surface area contributed by atoms with Crippen LogP contribution in [-0.2, 0) is 9.53 Å². The van der Waals surface area contributed by atoms with Gasteiger partial charge in [-0.2, -0.15) is 0 Å². The van der Waals surface area contributed by atoms with Crippen molar-refractivity contribution in [1.82, 2.24) is 4.90 Å². The normalized spacial score (nSPS) is 10.0. The van der Waals surface area contributed by atoms with E-state index in [4.69, 9.17) is 4.74 Å². The molecule has 114 valence electrons. The van der Waals surface area contributed by atoms with Crippen LogP contribution in [0.25, 0.3) is 0 Å². The lowest BCUT2D eigenvalue weighted by molar-refractivity contribution is -0.385. The van der Waals surface area contributed by atoms with Gasteiger partial charge in [-0.05, 0) is 41.9 Å². The first-order valence-electron chi connectivity index (χ1n) is 6.29. The summed E-state index contributed by atoms with van der Waals surface area (Å²) in [7, 11) is 0. The first-order valence-corrected chi connectivity index (χ1v) is 7.08. The number of benzene rings is 1. The Morgan fingerprint density at radius 2 is 2.05 bits per heavy atom. The molecule has 1 aromatic carbocycles. The van der Waals surface area contributed by atoms with E-state index in [0.717, 1.165) is 0 Å². The maximum absolute atomic E-state index is 12.3. The van der Waals surface area contributed by atoms with Crippen molar-refractivity contribution in [2.24, 2.45) is 0 Å². The second kappa shape index (κ2) is 7.72. The lowest BCUT2D eigenvalue weighted by Gasteiger charge is -2.19. The first kappa shape index (κ1) is 17.1. The van der Waals surface area contributed by atoms with Crippen LogP contribution in [0, 0.1) is 10.1 Å². The van der Waals surface area contributed by atoms with E-state index in [2.05, 4.69) is 15.9 Å². The second-order valence-electron chi connectivity index (χ2n) is 4.05. The molecule has 1 rings (SSSR count). The Bertz CT molecular complexity index is 561. The Morgan fingerprint density at radius 1 is 1.38 bits per heavy atom.